The third-order valence-electron chi connectivity index (χ3n) is 4.67. The minimum atomic E-state index is -0.172. The number of rotatable bonds is 6. The summed E-state index contributed by atoms with van der Waals surface area (Å²) in [7, 11) is 0. The quantitative estimate of drug-likeness (QED) is 0.445. The zero-order chi connectivity index (χ0) is 21.8. The Balaban J connectivity index is 1.59. The van der Waals surface area contributed by atoms with E-state index in [0.29, 0.717) is 27.5 Å². The standard InChI is InChI=1S/C22H23N5O4/c1-15(2)30-17-10-16(21-23-6-5-9-27(21)29)11-18(12-17)31-19-13-24-20(25-14-19)22(28)26-7-3-4-8-26/h5-6,9-15H,3-4,7-8H2,1-2H3. The van der Waals surface area contributed by atoms with Gasteiger partial charge in [0.25, 0.3) is 5.91 Å². The maximum absolute atomic E-state index is 12.4. The van der Waals surface area contributed by atoms with E-state index in [9.17, 15) is 10.0 Å². The van der Waals surface area contributed by atoms with Gasteiger partial charge in [-0.05, 0) is 43.8 Å². The van der Waals surface area contributed by atoms with E-state index in [1.165, 1.54) is 18.6 Å². The summed E-state index contributed by atoms with van der Waals surface area (Å²) in [5.41, 5.74) is 0.547. The van der Waals surface area contributed by atoms with Gasteiger partial charge < -0.3 is 19.6 Å². The molecule has 0 spiro atoms. The van der Waals surface area contributed by atoms with Gasteiger partial charge >= 0.3 is 5.82 Å². The summed E-state index contributed by atoms with van der Waals surface area (Å²) in [6.45, 7) is 5.29. The lowest BCUT2D eigenvalue weighted by Crippen LogP contribution is -2.29. The fourth-order valence-electron chi connectivity index (χ4n) is 3.34. The third kappa shape index (κ3) is 4.88. The van der Waals surface area contributed by atoms with Crippen LogP contribution in [0.1, 0.15) is 37.3 Å². The van der Waals surface area contributed by atoms with Gasteiger partial charge in [0.05, 0.1) is 30.3 Å². The Morgan fingerprint density at radius 1 is 1.06 bits per heavy atom. The van der Waals surface area contributed by atoms with Crippen molar-refractivity contribution in [1.29, 1.82) is 0 Å². The van der Waals surface area contributed by atoms with Crippen LogP contribution in [0.25, 0.3) is 11.4 Å². The van der Waals surface area contributed by atoms with Crippen LogP contribution in [0.2, 0.25) is 0 Å². The lowest BCUT2D eigenvalue weighted by Gasteiger charge is -2.15. The van der Waals surface area contributed by atoms with E-state index in [2.05, 4.69) is 15.0 Å². The van der Waals surface area contributed by atoms with Gasteiger partial charge in [-0.25, -0.2) is 14.7 Å². The second-order valence-electron chi connectivity index (χ2n) is 7.47. The molecule has 9 nitrogen and oxygen atoms in total. The van der Waals surface area contributed by atoms with Crippen LogP contribution in [0.15, 0.2) is 49.1 Å². The molecule has 1 amide bonds. The van der Waals surface area contributed by atoms with Crippen molar-refractivity contribution in [2.45, 2.75) is 32.8 Å². The van der Waals surface area contributed by atoms with E-state index < -0.39 is 0 Å². The smallest absolute Gasteiger partial charge is 0.333 e. The Kier molecular flexibility index (Phi) is 5.92. The lowest BCUT2D eigenvalue weighted by atomic mass is 10.2. The SMILES string of the molecule is CC(C)Oc1cc(Oc2cnc(C(=O)N3CCCC3)nc2)cc(-c2nccc[n+]2[O-])c1. The predicted molar refractivity (Wildman–Crippen MR) is 112 cm³/mol. The van der Waals surface area contributed by atoms with Gasteiger partial charge in [0.1, 0.15) is 17.7 Å². The van der Waals surface area contributed by atoms with Crippen LogP contribution < -0.4 is 14.2 Å². The highest BCUT2D eigenvalue weighted by Crippen LogP contribution is 2.31. The summed E-state index contributed by atoms with van der Waals surface area (Å²) < 4.78 is 12.4. The number of nitrogens with zero attached hydrogens (tertiary/aromatic N) is 5. The second-order valence-corrected chi connectivity index (χ2v) is 7.47. The zero-order valence-corrected chi connectivity index (χ0v) is 17.4. The molecule has 3 aromatic rings. The predicted octanol–water partition coefficient (Wildman–Crippen LogP) is 2.99. The number of likely N-dealkylation sites (tertiary alicyclic amines) is 1. The van der Waals surface area contributed by atoms with Gasteiger partial charge in [-0.15, -0.1) is 0 Å². The molecule has 160 valence electrons. The zero-order valence-electron chi connectivity index (χ0n) is 17.4. The summed E-state index contributed by atoms with van der Waals surface area (Å²) in [4.78, 5) is 26.6. The molecule has 0 atom stereocenters. The molecule has 0 saturated carbocycles. The van der Waals surface area contributed by atoms with Gasteiger partial charge in [0.2, 0.25) is 5.82 Å². The maximum atomic E-state index is 12.4. The van der Waals surface area contributed by atoms with Gasteiger partial charge in [-0.3, -0.25) is 4.79 Å². The van der Waals surface area contributed by atoms with Crippen molar-refractivity contribution in [2.24, 2.45) is 0 Å². The summed E-state index contributed by atoms with van der Waals surface area (Å²) in [5.74, 6) is 1.53. The largest absolute Gasteiger partial charge is 0.710 e. The molecule has 1 aromatic carbocycles. The number of hydrogen-bond acceptors (Lipinski definition) is 7. The normalized spacial score (nSPS) is 13.5. The van der Waals surface area contributed by atoms with Crippen LogP contribution in [0.4, 0.5) is 0 Å². The van der Waals surface area contributed by atoms with E-state index in [1.54, 1.807) is 35.4 Å². The summed E-state index contributed by atoms with van der Waals surface area (Å²) >= 11 is 0. The van der Waals surface area contributed by atoms with E-state index in [1.807, 2.05) is 13.8 Å². The Morgan fingerprint density at radius 3 is 2.45 bits per heavy atom. The molecule has 4 rings (SSSR count). The van der Waals surface area contributed by atoms with Crippen molar-refractivity contribution in [3.05, 3.63) is 60.1 Å². The molecule has 0 aliphatic carbocycles. The van der Waals surface area contributed by atoms with Crippen molar-refractivity contribution in [3.63, 3.8) is 0 Å². The molecule has 0 unspecified atom stereocenters. The number of hydrogen-bond donors (Lipinski definition) is 0. The van der Waals surface area contributed by atoms with E-state index in [0.717, 1.165) is 25.9 Å². The van der Waals surface area contributed by atoms with Crippen molar-refractivity contribution in [3.8, 4) is 28.6 Å². The van der Waals surface area contributed by atoms with Crippen LogP contribution in [0.5, 0.6) is 17.2 Å². The van der Waals surface area contributed by atoms with Crippen molar-refractivity contribution in [2.75, 3.05) is 13.1 Å². The number of carbonyl (C=O) groups is 1. The topological polar surface area (TPSA) is 104 Å². The Bertz CT molecular complexity index is 1070. The highest BCUT2D eigenvalue weighted by atomic mass is 16.5. The number of ether oxygens (including phenoxy) is 2. The third-order valence-corrected chi connectivity index (χ3v) is 4.67. The van der Waals surface area contributed by atoms with E-state index in [-0.39, 0.29) is 23.7 Å². The van der Waals surface area contributed by atoms with Crippen LogP contribution in [0.3, 0.4) is 0 Å². The molecule has 31 heavy (non-hydrogen) atoms. The first-order valence-corrected chi connectivity index (χ1v) is 10.1. The molecule has 0 bridgehead atoms. The van der Waals surface area contributed by atoms with Crippen LogP contribution >= 0.6 is 0 Å². The molecule has 1 saturated heterocycles. The molecular formula is C22H23N5O4. The first kappa shape index (κ1) is 20.5. The monoisotopic (exact) mass is 421 g/mol. The molecule has 0 N–H and O–H groups in total. The summed E-state index contributed by atoms with van der Waals surface area (Å²) in [5, 5.41) is 12.1. The Labute approximate surface area is 179 Å². The van der Waals surface area contributed by atoms with Gasteiger partial charge in [-0.2, -0.15) is 0 Å². The molecule has 1 aliphatic rings. The minimum Gasteiger partial charge on any atom is -0.710 e. The van der Waals surface area contributed by atoms with Crippen LogP contribution in [-0.2, 0) is 0 Å². The van der Waals surface area contributed by atoms with Crippen molar-refractivity contribution in [1.82, 2.24) is 19.9 Å². The number of amides is 1. The molecule has 2 aromatic heterocycles. The average molecular weight is 421 g/mol. The Hall–Kier alpha value is -3.75. The Morgan fingerprint density at radius 2 is 1.77 bits per heavy atom. The van der Waals surface area contributed by atoms with Crippen LogP contribution in [-0.4, -0.2) is 45.0 Å². The molecule has 1 aliphatic heterocycles. The molecule has 1 fully saturated rings. The number of benzene rings is 1. The fourth-order valence-corrected chi connectivity index (χ4v) is 3.34. The van der Waals surface area contributed by atoms with Gasteiger partial charge in [-0.1, -0.05) is 0 Å². The van der Waals surface area contributed by atoms with E-state index >= 15 is 0 Å². The molecule has 9 heteroatoms. The number of carbonyl (C=O) groups excluding carboxylic acids is 1. The number of aromatic nitrogens is 4. The van der Waals surface area contributed by atoms with Crippen molar-refractivity contribution < 1.29 is 19.0 Å². The lowest BCUT2D eigenvalue weighted by molar-refractivity contribution is -0.596. The summed E-state index contributed by atoms with van der Waals surface area (Å²) in [6.07, 6.45) is 7.78. The molecular weight excluding hydrogens is 398 g/mol. The highest BCUT2D eigenvalue weighted by molar-refractivity contribution is 5.90. The second kappa shape index (κ2) is 8.95. The van der Waals surface area contributed by atoms with E-state index in [4.69, 9.17) is 9.47 Å². The van der Waals surface area contributed by atoms with Gasteiger partial charge in [0.15, 0.2) is 5.75 Å². The molecule has 0 radical (unpaired) electrons. The van der Waals surface area contributed by atoms with Crippen LogP contribution in [0, 0.1) is 5.21 Å². The average Bonchev–Trinajstić information content (AvgIpc) is 3.28. The molecule has 3 heterocycles. The highest BCUT2D eigenvalue weighted by Gasteiger charge is 2.22. The maximum Gasteiger partial charge on any atom is 0.333 e. The van der Waals surface area contributed by atoms with Crippen molar-refractivity contribution >= 4 is 5.91 Å². The first-order chi connectivity index (χ1) is 15.0. The first-order valence-electron chi connectivity index (χ1n) is 10.1. The summed E-state index contributed by atoms with van der Waals surface area (Å²) in [6, 6.07) is 6.70. The minimum absolute atomic E-state index is 0.0644. The fraction of sp³-hybridized carbons (Fsp3) is 0.318. The van der Waals surface area contributed by atoms with Gasteiger partial charge in [0, 0.05) is 25.2 Å².